The summed E-state index contributed by atoms with van der Waals surface area (Å²) in [7, 11) is 0. The highest BCUT2D eigenvalue weighted by Crippen LogP contribution is 2.01. The molecule has 0 aliphatic heterocycles. The van der Waals surface area contributed by atoms with Gasteiger partial charge in [-0.05, 0) is 12.8 Å². The minimum Gasteiger partial charge on any atom is -0.364 e. The molecule has 1 aromatic heterocycles. The summed E-state index contributed by atoms with van der Waals surface area (Å²) in [5.41, 5.74) is 6.77. The van der Waals surface area contributed by atoms with Crippen LogP contribution in [-0.2, 0) is 6.42 Å². The van der Waals surface area contributed by atoms with Crippen molar-refractivity contribution in [2.24, 2.45) is 5.73 Å². The van der Waals surface area contributed by atoms with E-state index < -0.39 is 0 Å². The summed E-state index contributed by atoms with van der Waals surface area (Å²) in [6.07, 6.45) is 5.19. The van der Waals surface area contributed by atoms with Crippen LogP contribution in [0.15, 0.2) is 17.0 Å². The zero-order valence-corrected chi connectivity index (χ0v) is 6.08. The van der Waals surface area contributed by atoms with Crippen LogP contribution < -0.4 is 5.73 Å². The van der Waals surface area contributed by atoms with E-state index in [-0.39, 0.29) is 6.04 Å². The van der Waals surface area contributed by atoms with Gasteiger partial charge in [-0.3, -0.25) is 0 Å². The lowest BCUT2D eigenvalue weighted by Crippen LogP contribution is -2.20. The first kappa shape index (κ1) is 7.28. The molecular weight excluding hydrogens is 128 g/mol. The topological polar surface area (TPSA) is 52.0 Å². The van der Waals surface area contributed by atoms with Crippen molar-refractivity contribution in [2.75, 3.05) is 0 Å². The molecule has 0 aliphatic rings. The molecule has 0 saturated carbocycles. The van der Waals surface area contributed by atoms with Gasteiger partial charge in [-0.1, -0.05) is 12.1 Å². The number of aromatic nitrogens is 1. The molecule has 3 heteroatoms. The molecule has 0 aliphatic carbocycles. The van der Waals surface area contributed by atoms with Gasteiger partial charge < -0.3 is 10.3 Å². The normalized spacial score (nSPS) is 13.4. The first-order chi connectivity index (χ1) is 4.83. The van der Waals surface area contributed by atoms with Crippen molar-refractivity contribution in [2.45, 2.75) is 25.8 Å². The van der Waals surface area contributed by atoms with Crippen molar-refractivity contribution in [3.63, 3.8) is 0 Å². The molecule has 1 aromatic rings. The van der Waals surface area contributed by atoms with Crippen LogP contribution in [0.25, 0.3) is 0 Å². The molecule has 0 amide bonds. The number of nitrogens with zero attached hydrogens (tertiary/aromatic N) is 1. The highest BCUT2D eigenvalue weighted by Gasteiger charge is 2.01. The molecule has 1 atom stereocenters. The van der Waals surface area contributed by atoms with Crippen molar-refractivity contribution in [3.8, 4) is 0 Å². The lowest BCUT2D eigenvalue weighted by atomic mass is 10.1. The number of nitrogens with two attached hydrogens (primary N) is 1. The molecule has 56 valence electrons. The van der Waals surface area contributed by atoms with E-state index in [2.05, 4.69) is 16.6 Å². The fourth-order valence-electron chi connectivity index (χ4n) is 0.775. The molecule has 0 radical (unpaired) electrons. The Balaban J connectivity index is 2.40. The summed E-state index contributed by atoms with van der Waals surface area (Å²) in [5.74, 6) is 0. The Labute approximate surface area is 60.2 Å². The average Bonchev–Trinajstić information content (AvgIpc) is 2.40. The maximum Gasteiger partial charge on any atom is 0.127 e. The quantitative estimate of drug-likeness (QED) is 0.680. The zero-order valence-electron chi connectivity index (χ0n) is 6.08. The predicted octanol–water partition coefficient (Wildman–Crippen LogP) is 0.954. The van der Waals surface area contributed by atoms with Gasteiger partial charge in [0.1, 0.15) is 6.26 Å². The van der Waals surface area contributed by atoms with Crippen molar-refractivity contribution in [1.29, 1.82) is 0 Å². The summed E-state index contributed by atoms with van der Waals surface area (Å²) in [5, 5.41) is 3.58. The Morgan fingerprint density at radius 1 is 1.80 bits per heavy atom. The highest BCUT2D eigenvalue weighted by molar-refractivity contribution is 5.02. The van der Waals surface area contributed by atoms with Gasteiger partial charge in [-0.25, -0.2) is 0 Å². The van der Waals surface area contributed by atoms with E-state index in [9.17, 15) is 0 Å². The Morgan fingerprint density at radius 3 is 3.10 bits per heavy atom. The lowest BCUT2D eigenvalue weighted by molar-refractivity contribution is 0.418. The van der Waals surface area contributed by atoms with E-state index in [1.807, 2.05) is 0 Å². The van der Waals surface area contributed by atoms with E-state index in [1.165, 1.54) is 0 Å². The standard InChI is InChI=1S/C7H12N2O/c1-2-7(8)3-6-4-9-10-5-6/h4-5,7H,2-3,8H2,1H3. The van der Waals surface area contributed by atoms with E-state index in [0.29, 0.717) is 0 Å². The van der Waals surface area contributed by atoms with Crippen LogP contribution >= 0.6 is 0 Å². The summed E-state index contributed by atoms with van der Waals surface area (Å²) in [6.45, 7) is 2.07. The third kappa shape index (κ3) is 1.84. The predicted molar refractivity (Wildman–Crippen MR) is 38.5 cm³/mol. The highest BCUT2D eigenvalue weighted by atomic mass is 16.5. The smallest absolute Gasteiger partial charge is 0.127 e. The maximum absolute atomic E-state index is 5.69. The maximum atomic E-state index is 5.69. The van der Waals surface area contributed by atoms with Crippen LogP contribution in [-0.4, -0.2) is 11.2 Å². The Hall–Kier alpha value is -0.830. The van der Waals surface area contributed by atoms with Crippen LogP contribution in [0, 0.1) is 0 Å². The Morgan fingerprint density at radius 2 is 2.60 bits per heavy atom. The first-order valence-corrected chi connectivity index (χ1v) is 3.46. The van der Waals surface area contributed by atoms with Crippen molar-refractivity contribution in [1.82, 2.24) is 5.16 Å². The van der Waals surface area contributed by atoms with Gasteiger partial charge in [0.15, 0.2) is 0 Å². The molecule has 0 aromatic carbocycles. The molecule has 0 saturated heterocycles. The molecule has 1 heterocycles. The summed E-state index contributed by atoms with van der Waals surface area (Å²) in [4.78, 5) is 0. The second-order valence-corrected chi connectivity index (χ2v) is 2.41. The van der Waals surface area contributed by atoms with Crippen molar-refractivity contribution < 1.29 is 4.52 Å². The largest absolute Gasteiger partial charge is 0.364 e. The summed E-state index contributed by atoms with van der Waals surface area (Å²) < 4.78 is 4.65. The zero-order chi connectivity index (χ0) is 7.40. The van der Waals surface area contributed by atoms with Crippen LogP contribution in [0.2, 0.25) is 0 Å². The summed E-state index contributed by atoms with van der Waals surface area (Å²) >= 11 is 0. The van der Waals surface area contributed by atoms with Gasteiger partial charge in [0, 0.05) is 11.6 Å². The fraction of sp³-hybridized carbons (Fsp3) is 0.571. The van der Waals surface area contributed by atoms with Crippen molar-refractivity contribution >= 4 is 0 Å². The molecular formula is C7H12N2O. The third-order valence-corrected chi connectivity index (χ3v) is 1.51. The SMILES string of the molecule is CCC(N)Cc1cnoc1. The monoisotopic (exact) mass is 140 g/mol. The van der Waals surface area contributed by atoms with Crippen LogP contribution in [0.5, 0.6) is 0 Å². The van der Waals surface area contributed by atoms with E-state index >= 15 is 0 Å². The fourth-order valence-corrected chi connectivity index (χ4v) is 0.775. The van der Waals surface area contributed by atoms with Gasteiger partial charge >= 0.3 is 0 Å². The van der Waals surface area contributed by atoms with E-state index in [4.69, 9.17) is 5.73 Å². The number of hydrogen-bond acceptors (Lipinski definition) is 3. The number of rotatable bonds is 3. The molecule has 3 nitrogen and oxygen atoms in total. The number of hydrogen-bond donors (Lipinski definition) is 1. The van der Waals surface area contributed by atoms with Crippen LogP contribution in [0.3, 0.4) is 0 Å². The van der Waals surface area contributed by atoms with E-state index in [1.54, 1.807) is 12.5 Å². The van der Waals surface area contributed by atoms with Gasteiger partial charge in [0.25, 0.3) is 0 Å². The first-order valence-electron chi connectivity index (χ1n) is 3.46. The lowest BCUT2D eigenvalue weighted by Gasteiger charge is -2.03. The van der Waals surface area contributed by atoms with Gasteiger partial charge in [-0.2, -0.15) is 0 Å². The second kappa shape index (κ2) is 3.37. The minimum absolute atomic E-state index is 0.236. The van der Waals surface area contributed by atoms with Gasteiger partial charge in [0.2, 0.25) is 0 Å². The molecule has 0 bridgehead atoms. The minimum atomic E-state index is 0.236. The molecule has 1 unspecified atom stereocenters. The summed E-state index contributed by atoms with van der Waals surface area (Å²) in [6, 6.07) is 0.236. The van der Waals surface area contributed by atoms with Crippen LogP contribution in [0.1, 0.15) is 18.9 Å². The van der Waals surface area contributed by atoms with E-state index in [0.717, 1.165) is 18.4 Å². The van der Waals surface area contributed by atoms with Gasteiger partial charge in [0.05, 0.1) is 6.20 Å². The Bertz CT molecular complexity index is 172. The van der Waals surface area contributed by atoms with Crippen LogP contribution in [0.4, 0.5) is 0 Å². The van der Waals surface area contributed by atoms with Gasteiger partial charge in [-0.15, -0.1) is 0 Å². The Kier molecular flexibility index (Phi) is 2.45. The molecule has 10 heavy (non-hydrogen) atoms. The third-order valence-electron chi connectivity index (χ3n) is 1.51. The molecule has 0 fully saturated rings. The second-order valence-electron chi connectivity index (χ2n) is 2.41. The molecule has 0 spiro atoms. The molecule has 1 rings (SSSR count). The molecule has 2 N–H and O–H groups in total. The average molecular weight is 140 g/mol. The van der Waals surface area contributed by atoms with Crippen molar-refractivity contribution in [3.05, 3.63) is 18.0 Å².